The van der Waals surface area contributed by atoms with Crippen LogP contribution in [0.2, 0.25) is 0 Å². The van der Waals surface area contributed by atoms with E-state index >= 15 is 0 Å². The molecule has 0 spiro atoms. The van der Waals surface area contributed by atoms with Crippen LogP contribution in [-0.4, -0.2) is 142 Å². The fourth-order valence-corrected chi connectivity index (χ4v) is 5.75. The molecule has 0 aliphatic carbocycles. The summed E-state index contributed by atoms with van der Waals surface area (Å²) in [4.78, 5) is 52.1. The summed E-state index contributed by atoms with van der Waals surface area (Å²) >= 11 is 0. The molecule has 400 valence electrons. The maximum atomic E-state index is 11.6. The second-order valence-corrected chi connectivity index (χ2v) is 15.2. The van der Waals surface area contributed by atoms with Crippen LogP contribution >= 0.6 is 0 Å². The minimum Gasteiger partial charge on any atom is -0.872 e. The Kier molecular flexibility index (Phi) is 34.7. The molecule has 4 aromatic carbocycles. The fourth-order valence-electron chi connectivity index (χ4n) is 5.75. The van der Waals surface area contributed by atoms with Crippen molar-refractivity contribution in [3.8, 4) is 68.0 Å². The summed E-state index contributed by atoms with van der Waals surface area (Å²) in [6, 6.07) is 32.2. The predicted molar refractivity (Wildman–Crippen MR) is 250 cm³/mol. The van der Waals surface area contributed by atoms with Crippen LogP contribution in [0.5, 0.6) is 23.0 Å². The van der Waals surface area contributed by atoms with E-state index in [1.807, 2.05) is 0 Å². The summed E-state index contributed by atoms with van der Waals surface area (Å²) in [7, 11) is 13.1. The van der Waals surface area contributed by atoms with Crippen molar-refractivity contribution >= 4 is 23.6 Å². The Morgan fingerprint density at radius 2 is 0.605 bits per heavy atom. The SMILES string of the molecule is CN(C)C(=O)c1cc(-c2ccccc2[O-])[n-]n1.CN(C)C(=O)c1cc(-c2ccccc2[O-])[n-]n1.CN(C)C(=O)c1cc(-c2ccccc2[O-])n[n-]1.CN(C)C(=O)c1cc(-c2ccccc2[O-])n[n-]1.[Mn+3].[Mn+3].[Mn+3].[Mn+3].[OH-].[OH-].[OH-].[OH-]. The Morgan fingerprint density at radius 3 is 0.855 bits per heavy atom. The normalized spacial score (nSPS) is 9.16. The molecule has 0 radical (unpaired) electrons. The summed E-state index contributed by atoms with van der Waals surface area (Å²) < 4.78 is 0. The zero-order valence-electron chi connectivity index (χ0n) is 41.5. The average Bonchev–Trinajstić information content (AvgIpc) is 4.18. The molecule has 0 aliphatic rings. The number of amides is 4. The van der Waals surface area contributed by atoms with Gasteiger partial charge in [0.1, 0.15) is 11.4 Å². The van der Waals surface area contributed by atoms with Crippen molar-refractivity contribution in [1.82, 2.24) is 60.4 Å². The molecule has 0 bridgehead atoms. The molecule has 0 aliphatic heterocycles. The van der Waals surface area contributed by atoms with Gasteiger partial charge in [0.25, 0.3) is 11.8 Å². The van der Waals surface area contributed by atoms with E-state index in [0.29, 0.717) is 45.0 Å². The molecule has 8 aromatic rings. The summed E-state index contributed by atoms with van der Waals surface area (Å²) in [5.41, 5.74) is 4.53. The van der Waals surface area contributed by atoms with E-state index in [-0.39, 0.29) is 160 Å². The Labute approximate surface area is 479 Å². The monoisotopic (exact) mass is 1200 g/mol. The third kappa shape index (κ3) is 19.8. The molecule has 8 rings (SSSR count). The van der Waals surface area contributed by atoms with Gasteiger partial charge in [-0.05, 0) is 46.5 Å². The van der Waals surface area contributed by atoms with Gasteiger partial charge >= 0.3 is 68.3 Å². The van der Waals surface area contributed by atoms with E-state index in [1.54, 1.807) is 129 Å². The van der Waals surface area contributed by atoms with Gasteiger partial charge in [-0.2, -0.15) is 0 Å². The van der Waals surface area contributed by atoms with E-state index in [1.165, 1.54) is 68.1 Å². The van der Waals surface area contributed by atoms with Gasteiger partial charge in [0.15, 0.2) is 0 Å². The molecule has 0 unspecified atom stereocenters. The van der Waals surface area contributed by atoms with Crippen molar-refractivity contribution in [3.63, 3.8) is 0 Å². The molecule has 4 aromatic heterocycles. The van der Waals surface area contributed by atoms with Gasteiger partial charge in [-0.1, -0.05) is 120 Å². The summed E-state index contributed by atoms with van der Waals surface area (Å²) in [6.45, 7) is 0. The number of carbonyl (C=O) groups excluding carboxylic acids is 4. The van der Waals surface area contributed by atoms with Gasteiger partial charge in [0.2, 0.25) is 11.8 Å². The van der Waals surface area contributed by atoms with E-state index in [4.69, 9.17) is 0 Å². The first-order chi connectivity index (χ1) is 32.4. The Bertz CT molecular complexity index is 2620. The molecule has 0 atom stereocenters. The molecule has 24 nitrogen and oxygen atoms in total. The average molecular weight is 1200 g/mol. The molecule has 76 heavy (non-hydrogen) atoms. The first-order valence-electron chi connectivity index (χ1n) is 20.3. The maximum Gasteiger partial charge on any atom is 3.00 e. The van der Waals surface area contributed by atoms with Crippen LogP contribution in [0.1, 0.15) is 42.0 Å². The van der Waals surface area contributed by atoms with Crippen molar-refractivity contribution in [1.29, 1.82) is 0 Å². The van der Waals surface area contributed by atoms with E-state index in [2.05, 4.69) is 40.8 Å². The minimum atomic E-state index is -0.230. The molecule has 0 saturated heterocycles. The Balaban J connectivity index is -0.000000439. The van der Waals surface area contributed by atoms with E-state index in [0.717, 1.165) is 0 Å². The zero-order valence-corrected chi connectivity index (χ0v) is 46.2. The summed E-state index contributed by atoms with van der Waals surface area (Å²) in [6.07, 6.45) is 0. The number of carbonyl (C=O) groups is 4. The third-order valence-corrected chi connectivity index (χ3v) is 9.31. The van der Waals surface area contributed by atoms with Crippen LogP contribution in [0.4, 0.5) is 0 Å². The summed E-state index contributed by atoms with van der Waals surface area (Å²) in [5, 5.41) is 76.8. The quantitative estimate of drug-likeness (QED) is 0.193. The minimum absolute atomic E-state index is 0. The molecular weight excluding hydrogens is 1160 g/mol. The Hall–Kier alpha value is -7.28. The van der Waals surface area contributed by atoms with Crippen LogP contribution < -0.4 is 40.8 Å². The molecule has 0 saturated carbocycles. The number of rotatable bonds is 8. The van der Waals surface area contributed by atoms with Gasteiger partial charge in [0, 0.05) is 67.8 Å². The molecule has 28 heteroatoms. The fraction of sp³-hybridized carbons (Fsp3) is 0.167. The molecule has 4 heterocycles. The van der Waals surface area contributed by atoms with E-state index in [9.17, 15) is 39.6 Å². The van der Waals surface area contributed by atoms with Crippen molar-refractivity contribution in [2.24, 2.45) is 0 Å². The van der Waals surface area contributed by atoms with Crippen molar-refractivity contribution in [2.45, 2.75) is 0 Å². The Morgan fingerprint density at radius 1 is 0.355 bits per heavy atom. The number of nitrogens with zero attached hydrogens (tertiary/aromatic N) is 12. The zero-order chi connectivity index (χ0) is 49.7. The van der Waals surface area contributed by atoms with Crippen molar-refractivity contribution in [3.05, 3.63) is 144 Å². The molecular formula is C48H48Mn4N12O12. The van der Waals surface area contributed by atoms with Gasteiger partial charge < -0.3 is 103 Å². The number of para-hydroxylation sites is 4. The molecule has 4 N–H and O–H groups in total. The second kappa shape index (κ2) is 35.1. The molecule has 4 amide bonds. The van der Waals surface area contributed by atoms with Gasteiger partial charge in [-0.15, -0.1) is 22.9 Å². The number of benzene rings is 4. The number of aromatic nitrogens is 8. The van der Waals surface area contributed by atoms with Crippen LogP contribution in [-0.2, 0) is 68.3 Å². The molecule has 0 fully saturated rings. The van der Waals surface area contributed by atoms with Crippen LogP contribution in [0, 0.1) is 0 Å². The summed E-state index contributed by atoms with van der Waals surface area (Å²) in [5.74, 6) is -1.43. The standard InChI is InChI=1S/4C12H13N3O2.4Mn.4H2O/c4*1-15(2)12(17)10-7-9(13-14-10)8-5-3-4-6-11(8)16;;;;;;;;/h4*3-7H,1-2H3,(H2,13,14,16,17);;;;;4*1H2/q;;;;4*+3;;;;/p-12. The first kappa shape index (κ1) is 75.2. The number of hydrogen-bond acceptors (Lipinski definition) is 16. The van der Waals surface area contributed by atoms with Crippen molar-refractivity contribution < 1.29 is 130 Å². The maximum absolute atomic E-state index is 11.6. The first-order valence-corrected chi connectivity index (χ1v) is 20.3. The van der Waals surface area contributed by atoms with Gasteiger partial charge in [-0.3, -0.25) is 19.2 Å². The second-order valence-electron chi connectivity index (χ2n) is 15.2. The van der Waals surface area contributed by atoms with Crippen LogP contribution in [0.15, 0.2) is 121 Å². The number of hydrogen-bond donors (Lipinski definition) is 0. The van der Waals surface area contributed by atoms with Gasteiger partial charge in [-0.25, -0.2) is 0 Å². The third-order valence-electron chi connectivity index (χ3n) is 9.31. The topological polar surface area (TPSA) is 401 Å². The largest absolute Gasteiger partial charge is 3.00 e. The van der Waals surface area contributed by atoms with Gasteiger partial charge in [0.05, 0.1) is 0 Å². The van der Waals surface area contributed by atoms with E-state index < -0.39 is 0 Å². The van der Waals surface area contributed by atoms with Crippen molar-refractivity contribution in [2.75, 3.05) is 56.4 Å². The smallest absolute Gasteiger partial charge is 0.872 e. The predicted octanol–water partition coefficient (Wildman–Crippen LogP) is 1.21. The van der Waals surface area contributed by atoms with Crippen LogP contribution in [0.3, 0.4) is 0 Å². The van der Waals surface area contributed by atoms with Crippen LogP contribution in [0.25, 0.3) is 45.0 Å².